The molecule has 0 fully saturated rings. The van der Waals surface area contributed by atoms with E-state index in [-0.39, 0.29) is 5.54 Å². The first kappa shape index (κ1) is 16.9. The first-order valence-corrected chi connectivity index (χ1v) is 7.02. The maximum absolute atomic E-state index is 7.67. The SMILES string of the molecule is CCC(C)[N]=[Ta].CCC([NH-])(CC)CC. The predicted octanol–water partition coefficient (Wildman–Crippen LogP) is 4.52. The van der Waals surface area contributed by atoms with Gasteiger partial charge in [-0.25, -0.2) is 0 Å². The molecule has 1 N–H and O–H groups in total. The van der Waals surface area contributed by atoms with E-state index in [9.17, 15) is 0 Å². The second-order valence-corrected chi connectivity index (χ2v) is 4.54. The predicted molar refractivity (Wildman–Crippen MR) is 60.1 cm³/mol. The summed E-state index contributed by atoms with van der Waals surface area (Å²) in [5.74, 6) is 0. The summed E-state index contributed by atoms with van der Waals surface area (Å²) in [4.78, 5) is 0. The summed E-state index contributed by atoms with van der Waals surface area (Å²) in [6.45, 7) is 10.5. The molecule has 0 amide bonds. The van der Waals surface area contributed by atoms with E-state index in [0.717, 1.165) is 19.3 Å². The largest absolute Gasteiger partial charge is 0.672 e. The molecule has 0 bridgehead atoms. The van der Waals surface area contributed by atoms with Crippen molar-refractivity contribution in [2.75, 3.05) is 0 Å². The molecule has 85 valence electrons. The first-order chi connectivity index (χ1) is 6.49. The van der Waals surface area contributed by atoms with Crippen LogP contribution in [0.3, 0.4) is 0 Å². The van der Waals surface area contributed by atoms with Crippen molar-refractivity contribution < 1.29 is 20.9 Å². The van der Waals surface area contributed by atoms with Crippen LogP contribution in [0, 0.1) is 0 Å². The van der Waals surface area contributed by atoms with Crippen LogP contribution in [0.5, 0.6) is 0 Å². The molecule has 3 heteroatoms. The normalized spacial score (nSPS) is 12.6. The molecule has 0 saturated heterocycles. The van der Waals surface area contributed by atoms with Gasteiger partial charge in [0.25, 0.3) is 0 Å². The summed E-state index contributed by atoms with van der Waals surface area (Å²) >= 11 is 1.18. The van der Waals surface area contributed by atoms with Crippen LogP contribution in [-0.4, -0.2) is 11.6 Å². The van der Waals surface area contributed by atoms with Crippen LogP contribution in [0.15, 0.2) is 3.34 Å². The van der Waals surface area contributed by atoms with Crippen LogP contribution in [0.2, 0.25) is 0 Å². The Morgan fingerprint density at radius 2 is 1.50 bits per heavy atom. The van der Waals surface area contributed by atoms with Crippen LogP contribution in [0.25, 0.3) is 5.73 Å². The fourth-order valence-electron chi connectivity index (χ4n) is 0.832. The molecule has 0 saturated carbocycles. The molecule has 0 heterocycles. The average Bonchev–Trinajstić information content (AvgIpc) is 2.27. The van der Waals surface area contributed by atoms with Crippen molar-refractivity contribution in [2.45, 2.75) is 71.9 Å². The smallest absolute Gasteiger partial charge is 0.0665 e. The zero-order chi connectivity index (χ0) is 11.6. The van der Waals surface area contributed by atoms with Gasteiger partial charge in [-0.15, -0.1) is 5.54 Å². The summed E-state index contributed by atoms with van der Waals surface area (Å²) in [7, 11) is 0. The average molecular weight is 366 g/mol. The molecule has 0 aromatic carbocycles. The van der Waals surface area contributed by atoms with Crippen LogP contribution < -0.4 is 0 Å². The second-order valence-electron chi connectivity index (χ2n) is 3.71. The second kappa shape index (κ2) is 10.0. The molecule has 0 radical (unpaired) electrons. The number of hydrogen-bond donors (Lipinski definition) is 0. The van der Waals surface area contributed by atoms with Gasteiger partial charge in [-0.3, -0.25) is 0 Å². The third-order valence-electron chi connectivity index (χ3n) is 2.82. The number of nitrogens with zero attached hydrogens (tertiary/aromatic N) is 1. The molecule has 0 aromatic rings. The maximum atomic E-state index is 7.67. The van der Waals surface area contributed by atoms with Gasteiger partial charge in [0.1, 0.15) is 0 Å². The maximum Gasteiger partial charge on any atom is -0.0665 e. The van der Waals surface area contributed by atoms with E-state index in [0.29, 0.717) is 6.04 Å². The molecule has 0 spiro atoms. The molecule has 0 rings (SSSR count). The Hall–Kier alpha value is 0.500. The zero-order valence-electron chi connectivity index (χ0n) is 10.3. The van der Waals surface area contributed by atoms with E-state index < -0.39 is 0 Å². The van der Waals surface area contributed by atoms with Gasteiger partial charge in [-0.05, 0) is 0 Å². The third-order valence-corrected chi connectivity index (χ3v) is 4.23. The van der Waals surface area contributed by atoms with Crippen molar-refractivity contribution in [1.82, 2.24) is 0 Å². The fraction of sp³-hybridized carbons (Fsp3) is 1.00. The fourth-order valence-corrected chi connectivity index (χ4v) is 1.42. The summed E-state index contributed by atoms with van der Waals surface area (Å²) in [6.07, 6.45) is 4.15. The van der Waals surface area contributed by atoms with E-state index in [2.05, 4.69) is 38.0 Å². The Kier molecular flexibility index (Phi) is 12.1. The Balaban J connectivity index is 0. The first-order valence-electron chi connectivity index (χ1n) is 5.58. The Morgan fingerprint density at radius 3 is 1.50 bits per heavy atom. The van der Waals surface area contributed by atoms with E-state index in [1.165, 1.54) is 27.3 Å². The van der Waals surface area contributed by atoms with Crippen molar-refractivity contribution in [2.24, 2.45) is 3.34 Å². The van der Waals surface area contributed by atoms with Gasteiger partial charge in [0.05, 0.1) is 0 Å². The van der Waals surface area contributed by atoms with Gasteiger partial charge in [-0.1, -0.05) is 40.0 Å². The summed E-state index contributed by atoms with van der Waals surface area (Å²) in [5.41, 5.74) is 7.54. The Morgan fingerprint density at radius 1 is 1.14 bits per heavy atom. The molecule has 2 nitrogen and oxygen atoms in total. The molecule has 0 aliphatic rings. The number of rotatable bonds is 5. The van der Waals surface area contributed by atoms with Crippen LogP contribution in [0.1, 0.15) is 60.3 Å². The Labute approximate surface area is 102 Å². The minimum Gasteiger partial charge on any atom is -0.672 e. The van der Waals surface area contributed by atoms with E-state index >= 15 is 0 Å². The van der Waals surface area contributed by atoms with Crippen molar-refractivity contribution in [3.8, 4) is 0 Å². The van der Waals surface area contributed by atoms with Crippen LogP contribution in [0.4, 0.5) is 0 Å². The molecular formula is C11H25N2Ta-. The summed E-state index contributed by atoms with van der Waals surface area (Å²) in [5, 5.41) is 0. The number of nitrogens with one attached hydrogen (secondary N) is 1. The molecule has 1 atom stereocenters. The van der Waals surface area contributed by atoms with Gasteiger partial charge in [0.15, 0.2) is 0 Å². The molecule has 0 aliphatic carbocycles. The van der Waals surface area contributed by atoms with E-state index in [1.54, 1.807) is 0 Å². The van der Waals surface area contributed by atoms with Crippen molar-refractivity contribution in [3.63, 3.8) is 0 Å². The number of hydrogen-bond acceptors (Lipinski definition) is 1. The molecular weight excluding hydrogens is 341 g/mol. The van der Waals surface area contributed by atoms with Gasteiger partial charge in [0, 0.05) is 0 Å². The molecule has 1 unspecified atom stereocenters. The van der Waals surface area contributed by atoms with Crippen molar-refractivity contribution >= 4 is 0 Å². The quantitative estimate of drug-likeness (QED) is 0.686. The summed E-state index contributed by atoms with van der Waals surface area (Å²) < 4.78 is 4.12. The van der Waals surface area contributed by atoms with Crippen molar-refractivity contribution in [3.05, 3.63) is 5.73 Å². The minimum absolute atomic E-state index is 0.125. The summed E-state index contributed by atoms with van der Waals surface area (Å²) in [6, 6.07) is 0.610. The Bertz CT molecular complexity index is 125. The van der Waals surface area contributed by atoms with E-state index in [1.807, 2.05) is 0 Å². The van der Waals surface area contributed by atoms with Crippen molar-refractivity contribution in [1.29, 1.82) is 0 Å². The van der Waals surface area contributed by atoms with Crippen LogP contribution in [-0.2, 0) is 20.9 Å². The topological polar surface area (TPSA) is 36.2 Å². The van der Waals surface area contributed by atoms with Gasteiger partial charge < -0.3 is 5.73 Å². The minimum atomic E-state index is -0.125. The van der Waals surface area contributed by atoms with Gasteiger partial charge in [0.2, 0.25) is 0 Å². The molecule has 0 aromatic heterocycles. The van der Waals surface area contributed by atoms with Crippen LogP contribution >= 0.6 is 0 Å². The van der Waals surface area contributed by atoms with E-state index in [4.69, 9.17) is 5.73 Å². The standard InChI is InChI=1S/C7H16N.C4H9N.Ta/c1-4-7(8,5-2)6-3;1-3-4(2)5;/h8H,4-6H2,1-3H3;4H,3H2,1-2H3;/q-1;;. The van der Waals surface area contributed by atoms with Gasteiger partial charge in [-0.2, -0.15) is 0 Å². The molecule has 0 aliphatic heterocycles. The molecule has 14 heavy (non-hydrogen) atoms. The zero-order valence-corrected chi connectivity index (χ0v) is 13.5. The monoisotopic (exact) mass is 366 g/mol. The third kappa shape index (κ3) is 9.07. The van der Waals surface area contributed by atoms with Gasteiger partial charge >= 0.3 is 50.5 Å².